The molecule has 0 bridgehead atoms. The summed E-state index contributed by atoms with van der Waals surface area (Å²) in [6.45, 7) is 1.95. The van der Waals surface area contributed by atoms with Gasteiger partial charge in [0.2, 0.25) is 5.91 Å². The van der Waals surface area contributed by atoms with Crippen LogP contribution in [0.3, 0.4) is 0 Å². The zero-order valence-electron chi connectivity index (χ0n) is 9.84. The summed E-state index contributed by atoms with van der Waals surface area (Å²) in [6, 6.07) is 4.89. The minimum absolute atomic E-state index is 0.101. The molecule has 94 valence electrons. The van der Waals surface area contributed by atoms with Crippen LogP contribution in [0.4, 0.5) is 14.5 Å². The molecule has 0 aromatic heterocycles. The molecule has 0 radical (unpaired) electrons. The van der Waals surface area contributed by atoms with E-state index < -0.39 is 23.0 Å². The highest BCUT2D eigenvalue weighted by atomic mass is 19.1. The van der Waals surface area contributed by atoms with Crippen molar-refractivity contribution in [2.45, 2.75) is 19.8 Å². The van der Waals surface area contributed by atoms with E-state index in [9.17, 15) is 13.6 Å². The van der Waals surface area contributed by atoms with Gasteiger partial charge in [0.05, 0.1) is 11.8 Å². The number of benzene rings is 1. The first kappa shape index (κ1) is 12.5. The fourth-order valence-corrected chi connectivity index (χ4v) is 2.29. The minimum Gasteiger partial charge on any atom is -0.322 e. The van der Waals surface area contributed by atoms with Gasteiger partial charge in [0, 0.05) is 6.07 Å². The second-order valence-corrected chi connectivity index (χ2v) is 4.79. The zero-order valence-corrected chi connectivity index (χ0v) is 9.84. The fraction of sp³-hybridized carbons (Fsp3) is 0.385. The van der Waals surface area contributed by atoms with Gasteiger partial charge >= 0.3 is 0 Å². The van der Waals surface area contributed by atoms with E-state index in [0.717, 1.165) is 12.1 Å². The molecule has 1 fully saturated rings. The molecule has 1 amide bonds. The van der Waals surface area contributed by atoms with Gasteiger partial charge in [-0.1, -0.05) is 6.92 Å². The second kappa shape index (κ2) is 4.37. The highest BCUT2D eigenvalue weighted by Gasteiger charge is 2.49. The predicted molar refractivity (Wildman–Crippen MR) is 61.4 cm³/mol. The number of nitrogens with one attached hydrogen (secondary N) is 1. The third-order valence-corrected chi connectivity index (χ3v) is 3.22. The number of rotatable bonds is 2. The Morgan fingerprint density at radius 2 is 2.17 bits per heavy atom. The molecule has 0 saturated heterocycles. The third kappa shape index (κ3) is 2.06. The number of nitrogens with zero attached hydrogens (tertiary/aromatic N) is 1. The summed E-state index contributed by atoms with van der Waals surface area (Å²) < 4.78 is 26.1. The molecule has 0 unspecified atom stereocenters. The normalized spacial score (nSPS) is 26.0. The molecule has 5 heteroatoms. The van der Waals surface area contributed by atoms with Crippen LogP contribution in [0.15, 0.2) is 18.2 Å². The Morgan fingerprint density at radius 1 is 1.50 bits per heavy atom. The summed E-state index contributed by atoms with van der Waals surface area (Å²) in [7, 11) is 0. The van der Waals surface area contributed by atoms with Gasteiger partial charge in [0.15, 0.2) is 0 Å². The Morgan fingerprint density at radius 3 is 2.67 bits per heavy atom. The Bertz CT molecular complexity index is 530. The van der Waals surface area contributed by atoms with E-state index in [-0.39, 0.29) is 5.69 Å². The third-order valence-electron chi connectivity index (χ3n) is 3.22. The lowest BCUT2D eigenvalue weighted by Crippen LogP contribution is -2.45. The van der Waals surface area contributed by atoms with Crippen molar-refractivity contribution >= 4 is 11.6 Å². The molecule has 1 aliphatic rings. The first-order chi connectivity index (χ1) is 8.47. The van der Waals surface area contributed by atoms with Crippen LogP contribution in [-0.2, 0) is 4.79 Å². The number of anilines is 1. The number of carbonyl (C=O) groups excluding carboxylic acids is 1. The number of hydrogen-bond donors (Lipinski definition) is 1. The monoisotopic (exact) mass is 250 g/mol. The van der Waals surface area contributed by atoms with Gasteiger partial charge in [0.25, 0.3) is 0 Å². The van der Waals surface area contributed by atoms with Gasteiger partial charge in [-0.05, 0) is 30.9 Å². The van der Waals surface area contributed by atoms with Crippen LogP contribution in [-0.4, -0.2) is 5.91 Å². The topological polar surface area (TPSA) is 52.9 Å². The summed E-state index contributed by atoms with van der Waals surface area (Å²) in [6.07, 6.45) is 0.941. The zero-order chi connectivity index (χ0) is 13.3. The molecule has 0 spiro atoms. The molecular formula is C13H12F2N2O. The van der Waals surface area contributed by atoms with Gasteiger partial charge in [-0.3, -0.25) is 4.79 Å². The number of halogens is 2. The summed E-state index contributed by atoms with van der Waals surface area (Å²) in [4.78, 5) is 11.9. The summed E-state index contributed by atoms with van der Waals surface area (Å²) >= 11 is 0. The van der Waals surface area contributed by atoms with E-state index in [1.54, 1.807) is 0 Å². The van der Waals surface area contributed by atoms with Gasteiger partial charge < -0.3 is 5.32 Å². The van der Waals surface area contributed by atoms with E-state index in [1.165, 1.54) is 0 Å². The Hall–Kier alpha value is -1.96. The van der Waals surface area contributed by atoms with Crippen molar-refractivity contribution in [3.8, 4) is 6.07 Å². The minimum atomic E-state index is -1.07. The molecule has 1 aliphatic carbocycles. The Balaban J connectivity index is 2.15. The van der Waals surface area contributed by atoms with E-state index in [2.05, 4.69) is 5.32 Å². The van der Waals surface area contributed by atoms with Crippen LogP contribution in [0.2, 0.25) is 0 Å². The van der Waals surface area contributed by atoms with Crippen molar-refractivity contribution in [3.05, 3.63) is 29.8 Å². The summed E-state index contributed by atoms with van der Waals surface area (Å²) in [5.74, 6) is -1.76. The van der Waals surface area contributed by atoms with Gasteiger partial charge in [-0.25, -0.2) is 8.78 Å². The van der Waals surface area contributed by atoms with Gasteiger partial charge in [-0.2, -0.15) is 5.26 Å². The highest BCUT2D eigenvalue weighted by molar-refractivity contribution is 5.98. The van der Waals surface area contributed by atoms with Crippen molar-refractivity contribution in [1.29, 1.82) is 5.26 Å². The molecule has 18 heavy (non-hydrogen) atoms. The number of nitriles is 1. The lowest BCUT2D eigenvalue weighted by molar-refractivity contribution is -0.128. The first-order valence-corrected chi connectivity index (χ1v) is 5.64. The number of carbonyl (C=O) groups is 1. The standard InChI is InChI=1S/C13H12F2N2O/c1-8-5-13(6-8,7-16)12(18)17-11-3-2-9(14)4-10(11)15/h2-4,8H,5-6H2,1H3,(H,17,18). The van der Waals surface area contributed by atoms with Gasteiger partial charge in [-0.15, -0.1) is 0 Å². The molecule has 1 N–H and O–H groups in total. The molecule has 1 saturated carbocycles. The van der Waals surface area contributed by atoms with E-state index in [1.807, 2.05) is 13.0 Å². The number of hydrogen-bond acceptors (Lipinski definition) is 2. The second-order valence-electron chi connectivity index (χ2n) is 4.79. The quantitative estimate of drug-likeness (QED) is 0.877. The lowest BCUT2D eigenvalue weighted by atomic mass is 9.63. The molecule has 1 aromatic rings. The predicted octanol–water partition coefficient (Wildman–Crippen LogP) is 2.84. The van der Waals surface area contributed by atoms with Crippen molar-refractivity contribution < 1.29 is 13.6 Å². The maximum Gasteiger partial charge on any atom is 0.244 e. The fourth-order valence-electron chi connectivity index (χ4n) is 2.29. The van der Waals surface area contributed by atoms with Crippen LogP contribution < -0.4 is 5.32 Å². The molecule has 3 nitrogen and oxygen atoms in total. The van der Waals surface area contributed by atoms with Crippen molar-refractivity contribution in [3.63, 3.8) is 0 Å². The highest BCUT2D eigenvalue weighted by Crippen LogP contribution is 2.45. The molecule has 0 atom stereocenters. The summed E-state index contributed by atoms with van der Waals surface area (Å²) in [5, 5.41) is 11.4. The van der Waals surface area contributed by atoms with Crippen molar-refractivity contribution in [2.24, 2.45) is 11.3 Å². The largest absolute Gasteiger partial charge is 0.322 e. The lowest BCUT2D eigenvalue weighted by Gasteiger charge is -2.39. The molecule has 1 aromatic carbocycles. The maximum absolute atomic E-state index is 13.4. The van der Waals surface area contributed by atoms with Crippen LogP contribution >= 0.6 is 0 Å². The van der Waals surface area contributed by atoms with Crippen LogP contribution in [0.1, 0.15) is 19.8 Å². The van der Waals surface area contributed by atoms with E-state index in [0.29, 0.717) is 24.8 Å². The van der Waals surface area contributed by atoms with Gasteiger partial charge in [0.1, 0.15) is 17.0 Å². The SMILES string of the molecule is CC1CC(C#N)(C(=O)Nc2ccc(F)cc2F)C1. The maximum atomic E-state index is 13.4. The van der Waals surface area contributed by atoms with Crippen molar-refractivity contribution in [1.82, 2.24) is 0 Å². The van der Waals surface area contributed by atoms with Crippen LogP contribution in [0, 0.1) is 34.3 Å². The molecular weight excluding hydrogens is 238 g/mol. The number of amides is 1. The average Bonchev–Trinajstić information content (AvgIpc) is 2.28. The average molecular weight is 250 g/mol. The smallest absolute Gasteiger partial charge is 0.244 e. The Kier molecular flexibility index (Phi) is 3.04. The Labute approximate surface area is 103 Å². The van der Waals surface area contributed by atoms with Crippen molar-refractivity contribution in [2.75, 3.05) is 5.32 Å². The first-order valence-electron chi connectivity index (χ1n) is 5.64. The molecule has 0 aliphatic heterocycles. The molecule has 2 rings (SSSR count). The van der Waals surface area contributed by atoms with E-state index in [4.69, 9.17) is 5.26 Å². The van der Waals surface area contributed by atoms with Crippen LogP contribution in [0.25, 0.3) is 0 Å². The van der Waals surface area contributed by atoms with Crippen LogP contribution in [0.5, 0.6) is 0 Å². The molecule has 0 heterocycles. The van der Waals surface area contributed by atoms with E-state index >= 15 is 0 Å². The summed E-state index contributed by atoms with van der Waals surface area (Å²) in [5.41, 5.74) is -1.17.